The first kappa shape index (κ1) is 21.1. The molecule has 1 aromatic heterocycles. The topological polar surface area (TPSA) is 52.2 Å². The number of halogens is 1. The van der Waals surface area contributed by atoms with Crippen LogP contribution in [0, 0.1) is 12.3 Å². The van der Waals surface area contributed by atoms with Crippen LogP contribution in [0.1, 0.15) is 12.0 Å². The molecule has 0 aliphatic carbocycles. The van der Waals surface area contributed by atoms with Crippen molar-refractivity contribution in [2.75, 3.05) is 13.2 Å². The number of aryl methyl sites for hydroxylation is 2. The lowest BCUT2D eigenvalue weighted by molar-refractivity contribution is 0.292. The zero-order valence-electron chi connectivity index (χ0n) is 17.6. The molecule has 1 N–H and O–H groups in total. The molecule has 31 heavy (non-hydrogen) atoms. The molecule has 0 spiro atoms. The van der Waals surface area contributed by atoms with Crippen LogP contribution in [0.15, 0.2) is 72.8 Å². The molecule has 5 nitrogen and oxygen atoms in total. The van der Waals surface area contributed by atoms with Gasteiger partial charge < -0.3 is 18.6 Å². The van der Waals surface area contributed by atoms with Gasteiger partial charge in [-0.15, -0.1) is 0 Å². The standard InChI is InChI=1S/C25H26ClN3O2/c1-19-6-4-7-22(18-19)31-17-15-29-24-9-3-2-8-23(24)28(25(29)27)14-5-16-30-21-12-10-20(26)11-13-21/h2-4,6-13,18,27H,5,14-17H2,1H3. The maximum atomic E-state index is 8.73. The predicted molar refractivity (Wildman–Crippen MR) is 124 cm³/mol. The van der Waals surface area contributed by atoms with Gasteiger partial charge in [0.25, 0.3) is 0 Å². The maximum absolute atomic E-state index is 8.73. The van der Waals surface area contributed by atoms with Gasteiger partial charge in [-0.05, 0) is 67.4 Å². The summed E-state index contributed by atoms with van der Waals surface area (Å²) in [5.74, 6) is 1.66. The third-order valence-corrected chi connectivity index (χ3v) is 5.41. The van der Waals surface area contributed by atoms with E-state index in [1.807, 2.05) is 76.7 Å². The average Bonchev–Trinajstić information content (AvgIpc) is 3.04. The van der Waals surface area contributed by atoms with E-state index in [9.17, 15) is 0 Å². The van der Waals surface area contributed by atoms with Gasteiger partial charge >= 0.3 is 0 Å². The molecule has 4 aromatic rings. The highest BCUT2D eigenvalue weighted by molar-refractivity contribution is 6.30. The van der Waals surface area contributed by atoms with Crippen molar-refractivity contribution >= 4 is 22.6 Å². The minimum absolute atomic E-state index is 0.473. The second-order valence-corrected chi connectivity index (χ2v) is 7.87. The first-order chi connectivity index (χ1) is 15.1. The summed E-state index contributed by atoms with van der Waals surface area (Å²) in [6.07, 6.45) is 0.799. The molecule has 3 aromatic carbocycles. The van der Waals surface area contributed by atoms with Crippen LogP contribution < -0.4 is 15.1 Å². The lowest BCUT2D eigenvalue weighted by Crippen LogP contribution is -2.27. The van der Waals surface area contributed by atoms with Crippen molar-refractivity contribution in [3.63, 3.8) is 0 Å². The summed E-state index contributed by atoms with van der Waals surface area (Å²) < 4.78 is 15.8. The number of nitrogens with one attached hydrogen (secondary N) is 1. The number of aromatic nitrogens is 2. The van der Waals surface area contributed by atoms with Gasteiger partial charge in [0, 0.05) is 11.6 Å². The van der Waals surface area contributed by atoms with Crippen LogP contribution in [0.3, 0.4) is 0 Å². The zero-order valence-corrected chi connectivity index (χ0v) is 18.3. The van der Waals surface area contributed by atoms with Gasteiger partial charge in [-0.1, -0.05) is 35.9 Å². The Balaban J connectivity index is 1.42. The number of fused-ring (bicyclic) bond motifs is 1. The highest BCUT2D eigenvalue weighted by atomic mass is 35.5. The van der Waals surface area contributed by atoms with Crippen LogP contribution in [0.2, 0.25) is 5.02 Å². The molecule has 0 amide bonds. The summed E-state index contributed by atoms with van der Waals surface area (Å²) in [5, 5.41) is 9.43. The van der Waals surface area contributed by atoms with Crippen LogP contribution in [0.4, 0.5) is 0 Å². The molecule has 0 saturated carbocycles. The third-order valence-electron chi connectivity index (χ3n) is 5.16. The van der Waals surface area contributed by atoms with Crippen molar-refractivity contribution in [3.05, 3.63) is 89.0 Å². The van der Waals surface area contributed by atoms with Gasteiger partial charge in [-0.25, -0.2) is 0 Å². The first-order valence-electron chi connectivity index (χ1n) is 10.4. The summed E-state index contributed by atoms with van der Waals surface area (Å²) in [4.78, 5) is 0. The number of rotatable bonds is 9. The molecule has 0 aliphatic heterocycles. The quantitative estimate of drug-likeness (QED) is 0.356. The van der Waals surface area contributed by atoms with E-state index in [-0.39, 0.29) is 0 Å². The largest absolute Gasteiger partial charge is 0.494 e. The normalized spacial score (nSPS) is 11.0. The number of imidazole rings is 1. The molecule has 0 atom stereocenters. The molecule has 0 saturated heterocycles. The van der Waals surface area contributed by atoms with Crippen molar-refractivity contribution in [1.82, 2.24) is 9.13 Å². The minimum Gasteiger partial charge on any atom is -0.494 e. The zero-order chi connectivity index (χ0) is 21.6. The number of para-hydroxylation sites is 2. The molecule has 0 unspecified atom stereocenters. The highest BCUT2D eigenvalue weighted by Gasteiger charge is 2.10. The smallest absolute Gasteiger partial charge is 0.203 e. The van der Waals surface area contributed by atoms with Crippen molar-refractivity contribution < 1.29 is 9.47 Å². The Hall–Kier alpha value is -3.18. The van der Waals surface area contributed by atoms with Gasteiger partial charge in [0.05, 0.1) is 24.2 Å². The fraction of sp³-hybridized carbons (Fsp3) is 0.240. The molecule has 0 bridgehead atoms. The Bertz CT molecular complexity index is 1210. The molecule has 0 aliphatic rings. The molecule has 0 fully saturated rings. The second-order valence-electron chi connectivity index (χ2n) is 7.44. The minimum atomic E-state index is 0.473. The summed E-state index contributed by atoms with van der Waals surface area (Å²) in [6, 6.07) is 23.5. The van der Waals surface area contributed by atoms with Crippen molar-refractivity contribution in [2.24, 2.45) is 0 Å². The summed E-state index contributed by atoms with van der Waals surface area (Å²) >= 11 is 5.92. The molecule has 160 valence electrons. The van der Waals surface area contributed by atoms with E-state index in [0.717, 1.165) is 29.0 Å². The number of benzene rings is 3. The van der Waals surface area contributed by atoms with E-state index >= 15 is 0 Å². The lowest BCUT2D eigenvalue weighted by atomic mass is 10.2. The SMILES string of the molecule is Cc1cccc(OCCn2c(=N)n(CCCOc3ccc(Cl)cc3)c3ccccc32)c1. The van der Waals surface area contributed by atoms with Gasteiger partial charge in [-0.2, -0.15) is 0 Å². The average molecular weight is 436 g/mol. The van der Waals surface area contributed by atoms with Gasteiger partial charge in [0.2, 0.25) is 5.62 Å². The summed E-state index contributed by atoms with van der Waals surface area (Å²) in [7, 11) is 0. The molecule has 4 rings (SSSR count). The van der Waals surface area contributed by atoms with E-state index < -0.39 is 0 Å². The van der Waals surface area contributed by atoms with E-state index in [2.05, 4.69) is 12.1 Å². The van der Waals surface area contributed by atoms with Gasteiger partial charge in [0.1, 0.15) is 18.1 Å². The summed E-state index contributed by atoms with van der Waals surface area (Å²) in [6.45, 7) is 4.45. The van der Waals surface area contributed by atoms with Crippen LogP contribution in [0.5, 0.6) is 11.5 Å². The van der Waals surface area contributed by atoms with Crippen LogP contribution in [-0.4, -0.2) is 22.3 Å². The highest BCUT2D eigenvalue weighted by Crippen LogP contribution is 2.17. The van der Waals surface area contributed by atoms with E-state index in [1.54, 1.807) is 0 Å². The molecular formula is C25H26ClN3O2. The predicted octanol–water partition coefficient (Wildman–Crippen LogP) is 5.43. The number of nitrogens with zero attached hydrogens (tertiary/aromatic N) is 2. The van der Waals surface area contributed by atoms with Crippen molar-refractivity contribution in [2.45, 2.75) is 26.4 Å². The Morgan fingerprint density at radius 3 is 2.16 bits per heavy atom. The number of ether oxygens (including phenoxy) is 2. The van der Waals surface area contributed by atoms with Crippen molar-refractivity contribution in [3.8, 4) is 11.5 Å². The van der Waals surface area contributed by atoms with E-state index in [1.165, 1.54) is 5.56 Å². The van der Waals surface area contributed by atoms with E-state index in [4.69, 9.17) is 26.5 Å². The first-order valence-corrected chi connectivity index (χ1v) is 10.8. The fourth-order valence-corrected chi connectivity index (χ4v) is 3.78. The molecule has 0 radical (unpaired) electrons. The monoisotopic (exact) mass is 435 g/mol. The molecule has 6 heteroatoms. The number of hydrogen-bond donors (Lipinski definition) is 1. The molecule has 1 heterocycles. The number of hydrogen-bond acceptors (Lipinski definition) is 3. The van der Waals surface area contributed by atoms with Crippen LogP contribution in [-0.2, 0) is 13.1 Å². The lowest BCUT2D eigenvalue weighted by Gasteiger charge is -2.09. The van der Waals surface area contributed by atoms with E-state index in [0.29, 0.717) is 36.9 Å². The third kappa shape index (κ3) is 5.12. The Morgan fingerprint density at radius 2 is 1.45 bits per heavy atom. The maximum Gasteiger partial charge on any atom is 0.203 e. The van der Waals surface area contributed by atoms with Gasteiger partial charge in [0.15, 0.2) is 0 Å². The van der Waals surface area contributed by atoms with Crippen LogP contribution in [0.25, 0.3) is 11.0 Å². The van der Waals surface area contributed by atoms with Crippen LogP contribution >= 0.6 is 11.6 Å². The van der Waals surface area contributed by atoms with Crippen molar-refractivity contribution in [1.29, 1.82) is 5.41 Å². The summed E-state index contributed by atoms with van der Waals surface area (Å²) in [5.41, 5.74) is 3.73. The Labute approximate surface area is 186 Å². The Kier molecular flexibility index (Phi) is 6.63. The Morgan fingerprint density at radius 1 is 0.774 bits per heavy atom. The second kappa shape index (κ2) is 9.75. The fourth-order valence-electron chi connectivity index (χ4n) is 3.65. The molecular weight excluding hydrogens is 410 g/mol. The van der Waals surface area contributed by atoms with Gasteiger partial charge in [-0.3, -0.25) is 5.41 Å².